The number of unbranched alkanes of at least 4 members (excludes halogenated alkanes) is 6. The Morgan fingerprint density at radius 1 is 0.885 bits per heavy atom. The monoisotopic (exact) mass is 358 g/mol. The minimum absolute atomic E-state index is 0.00363. The van der Waals surface area contributed by atoms with Crippen LogP contribution >= 0.6 is 0 Å². The highest BCUT2D eigenvalue weighted by atomic mass is 16.3. The summed E-state index contributed by atoms with van der Waals surface area (Å²) in [5.41, 5.74) is 3.85. The summed E-state index contributed by atoms with van der Waals surface area (Å²) < 4.78 is 0. The lowest BCUT2D eigenvalue weighted by Crippen LogP contribution is -2.14. The van der Waals surface area contributed by atoms with Crippen LogP contribution in [0.25, 0.3) is 0 Å². The third kappa shape index (κ3) is 6.32. The van der Waals surface area contributed by atoms with Crippen molar-refractivity contribution >= 4 is 0 Å². The van der Waals surface area contributed by atoms with Crippen LogP contribution in [0.2, 0.25) is 0 Å². The number of aryl methyl sites for hydroxylation is 1. The van der Waals surface area contributed by atoms with E-state index in [1.165, 1.54) is 88.2 Å². The largest absolute Gasteiger partial charge is 0.507 e. The molecule has 2 rings (SSSR count). The predicted molar refractivity (Wildman–Crippen MR) is 114 cm³/mol. The molecular weight excluding hydrogens is 316 g/mol. The summed E-state index contributed by atoms with van der Waals surface area (Å²) in [6.45, 7) is 8.96. The molecule has 1 heteroatoms. The van der Waals surface area contributed by atoms with Gasteiger partial charge in [0.1, 0.15) is 5.75 Å². The fourth-order valence-electron chi connectivity index (χ4n) is 4.45. The maximum atomic E-state index is 11.0. The Kier molecular flexibility index (Phi) is 8.51. The van der Waals surface area contributed by atoms with Crippen molar-refractivity contribution in [2.45, 2.75) is 122 Å². The van der Waals surface area contributed by atoms with E-state index in [0.29, 0.717) is 11.7 Å². The van der Waals surface area contributed by atoms with Crippen molar-refractivity contribution in [3.63, 3.8) is 0 Å². The van der Waals surface area contributed by atoms with Crippen molar-refractivity contribution in [3.8, 4) is 5.75 Å². The molecule has 148 valence electrons. The van der Waals surface area contributed by atoms with E-state index < -0.39 is 0 Å². The smallest absolute Gasteiger partial charge is 0.122 e. The fraction of sp³-hybridized carbons (Fsp3) is 0.760. The van der Waals surface area contributed by atoms with Crippen LogP contribution in [0.3, 0.4) is 0 Å². The molecule has 0 aromatic heterocycles. The van der Waals surface area contributed by atoms with E-state index in [9.17, 15) is 5.11 Å². The Bertz CT molecular complexity index is 532. The molecule has 1 N–H and O–H groups in total. The molecule has 0 heterocycles. The van der Waals surface area contributed by atoms with Gasteiger partial charge >= 0.3 is 0 Å². The highest BCUT2D eigenvalue weighted by Crippen LogP contribution is 2.42. The van der Waals surface area contributed by atoms with E-state index in [2.05, 4.69) is 39.8 Å². The average molecular weight is 359 g/mol. The van der Waals surface area contributed by atoms with Gasteiger partial charge in [-0.2, -0.15) is 0 Å². The van der Waals surface area contributed by atoms with Gasteiger partial charge in [-0.15, -0.1) is 0 Å². The third-order valence-corrected chi connectivity index (χ3v) is 6.12. The lowest BCUT2D eigenvalue weighted by Gasteiger charge is -2.28. The first kappa shape index (κ1) is 21.3. The van der Waals surface area contributed by atoms with Crippen LogP contribution in [-0.4, -0.2) is 5.11 Å². The van der Waals surface area contributed by atoms with Crippen molar-refractivity contribution in [3.05, 3.63) is 28.8 Å². The van der Waals surface area contributed by atoms with E-state index in [-0.39, 0.29) is 5.41 Å². The van der Waals surface area contributed by atoms with Gasteiger partial charge in [-0.05, 0) is 53.7 Å². The molecule has 1 aromatic rings. The summed E-state index contributed by atoms with van der Waals surface area (Å²) >= 11 is 0. The Morgan fingerprint density at radius 3 is 2.12 bits per heavy atom. The Morgan fingerprint density at radius 2 is 1.50 bits per heavy atom. The highest BCUT2D eigenvalue weighted by Gasteiger charge is 2.25. The normalized spacial score (nSPS) is 16.2. The summed E-state index contributed by atoms with van der Waals surface area (Å²) in [5, 5.41) is 11.0. The predicted octanol–water partition coefficient (Wildman–Crippen LogP) is 8.03. The lowest BCUT2D eigenvalue weighted by molar-refractivity contribution is 0.402. The Labute approximate surface area is 162 Å². The zero-order valence-electron chi connectivity index (χ0n) is 17.9. The molecule has 0 unspecified atom stereocenters. The molecule has 0 amide bonds. The number of phenols is 1. The first-order chi connectivity index (χ1) is 12.4. The molecule has 1 saturated carbocycles. The number of benzene rings is 1. The maximum absolute atomic E-state index is 11.0. The van der Waals surface area contributed by atoms with Gasteiger partial charge in [0.25, 0.3) is 0 Å². The topological polar surface area (TPSA) is 20.2 Å². The van der Waals surface area contributed by atoms with Crippen LogP contribution in [0, 0.1) is 0 Å². The Hall–Kier alpha value is -0.980. The van der Waals surface area contributed by atoms with Crippen LogP contribution < -0.4 is 0 Å². The summed E-state index contributed by atoms with van der Waals surface area (Å²) in [6, 6.07) is 4.64. The molecule has 26 heavy (non-hydrogen) atoms. The molecular formula is C25H42O. The van der Waals surface area contributed by atoms with Crippen LogP contribution in [0.5, 0.6) is 5.75 Å². The summed E-state index contributed by atoms with van der Waals surface area (Å²) in [4.78, 5) is 0. The minimum atomic E-state index is 0.00363. The van der Waals surface area contributed by atoms with Gasteiger partial charge in [0, 0.05) is 0 Å². The summed E-state index contributed by atoms with van der Waals surface area (Å²) in [7, 11) is 0. The lowest BCUT2D eigenvalue weighted by atomic mass is 9.78. The number of aromatic hydroxyl groups is 1. The van der Waals surface area contributed by atoms with Gasteiger partial charge in [0.15, 0.2) is 0 Å². The zero-order chi connectivity index (χ0) is 19.0. The van der Waals surface area contributed by atoms with Gasteiger partial charge in [0.2, 0.25) is 0 Å². The maximum Gasteiger partial charge on any atom is 0.122 e. The standard InChI is InChI=1S/C25H42O/c1-5-6-7-8-9-10-12-15-20-18-22(21-16-13-11-14-17-21)24(26)23(19-20)25(2,3)4/h18-19,21,26H,5-17H2,1-4H3. The number of hydrogen-bond acceptors (Lipinski definition) is 1. The Balaban J connectivity index is 2.05. The second kappa shape index (κ2) is 10.4. The molecule has 1 aliphatic rings. The van der Waals surface area contributed by atoms with Gasteiger partial charge in [-0.3, -0.25) is 0 Å². The third-order valence-electron chi connectivity index (χ3n) is 6.12. The number of hydrogen-bond donors (Lipinski definition) is 1. The van der Waals surface area contributed by atoms with Crippen molar-refractivity contribution in [2.75, 3.05) is 0 Å². The number of rotatable bonds is 9. The molecule has 1 aromatic carbocycles. The van der Waals surface area contributed by atoms with E-state index >= 15 is 0 Å². The molecule has 1 aliphatic carbocycles. The molecule has 0 aliphatic heterocycles. The SMILES string of the molecule is CCCCCCCCCc1cc(C2CCCCC2)c(O)c(C(C)(C)C)c1. The van der Waals surface area contributed by atoms with Gasteiger partial charge in [0.05, 0.1) is 0 Å². The van der Waals surface area contributed by atoms with E-state index in [1.54, 1.807) is 0 Å². The second-order valence-electron chi connectivity index (χ2n) is 9.54. The van der Waals surface area contributed by atoms with E-state index in [1.807, 2.05) is 0 Å². The first-order valence-corrected chi connectivity index (χ1v) is 11.3. The molecule has 0 bridgehead atoms. The van der Waals surface area contributed by atoms with E-state index in [4.69, 9.17) is 0 Å². The van der Waals surface area contributed by atoms with Crippen molar-refractivity contribution in [1.82, 2.24) is 0 Å². The molecule has 1 fully saturated rings. The fourth-order valence-corrected chi connectivity index (χ4v) is 4.45. The molecule has 1 nitrogen and oxygen atoms in total. The van der Waals surface area contributed by atoms with Gasteiger partial charge in [-0.1, -0.05) is 97.6 Å². The zero-order valence-corrected chi connectivity index (χ0v) is 17.9. The van der Waals surface area contributed by atoms with Crippen LogP contribution in [0.1, 0.15) is 127 Å². The van der Waals surface area contributed by atoms with Crippen molar-refractivity contribution in [1.29, 1.82) is 0 Å². The minimum Gasteiger partial charge on any atom is -0.507 e. The van der Waals surface area contributed by atoms with Crippen LogP contribution in [-0.2, 0) is 11.8 Å². The van der Waals surface area contributed by atoms with Gasteiger partial charge in [-0.25, -0.2) is 0 Å². The molecule has 0 saturated heterocycles. The molecule has 0 spiro atoms. The highest BCUT2D eigenvalue weighted by molar-refractivity contribution is 5.48. The summed E-state index contributed by atoms with van der Waals surface area (Å²) in [6.07, 6.45) is 17.2. The van der Waals surface area contributed by atoms with Crippen LogP contribution in [0.15, 0.2) is 12.1 Å². The molecule has 0 radical (unpaired) electrons. The molecule has 0 atom stereocenters. The van der Waals surface area contributed by atoms with Crippen molar-refractivity contribution in [2.24, 2.45) is 0 Å². The van der Waals surface area contributed by atoms with Crippen LogP contribution in [0.4, 0.5) is 0 Å². The quantitative estimate of drug-likeness (QED) is 0.443. The van der Waals surface area contributed by atoms with Crippen molar-refractivity contribution < 1.29 is 5.11 Å². The van der Waals surface area contributed by atoms with E-state index in [0.717, 1.165) is 12.0 Å². The first-order valence-electron chi connectivity index (χ1n) is 11.3. The summed E-state index contributed by atoms with van der Waals surface area (Å²) in [5.74, 6) is 1.16. The average Bonchev–Trinajstić information content (AvgIpc) is 2.61. The second-order valence-corrected chi connectivity index (χ2v) is 9.54. The van der Waals surface area contributed by atoms with Gasteiger partial charge < -0.3 is 5.11 Å². The number of phenolic OH excluding ortho intramolecular Hbond substituents is 1.